The van der Waals surface area contributed by atoms with Crippen molar-refractivity contribution in [3.05, 3.63) is 62.8 Å². The molecule has 0 fully saturated rings. The predicted molar refractivity (Wildman–Crippen MR) is 136 cm³/mol. The van der Waals surface area contributed by atoms with Gasteiger partial charge in [-0.2, -0.15) is 5.10 Å². The van der Waals surface area contributed by atoms with Crippen LogP contribution in [0.3, 0.4) is 0 Å². The van der Waals surface area contributed by atoms with Gasteiger partial charge in [-0.15, -0.1) is 11.3 Å². The smallest absolute Gasteiger partial charge is 0.280 e. The summed E-state index contributed by atoms with van der Waals surface area (Å²) in [6.45, 7) is 5.80. The number of nitrogens with two attached hydrogens (primary N) is 1. The summed E-state index contributed by atoms with van der Waals surface area (Å²) in [6, 6.07) is 10.2. The third kappa shape index (κ3) is 4.83. The van der Waals surface area contributed by atoms with E-state index in [4.69, 9.17) is 5.73 Å². The molecular weight excluding hydrogens is 540 g/mol. The number of anilines is 1. The number of hydrogen-bond acceptors (Lipinski definition) is 5. The Morgan fingerprint density at radius 2 is 1.91 bits per heavy atom. The fourth-order valence-electron chi connectivity index (χ4n) is 3.81. The fraction of sp³-hybridized carbons (Fsp3) is 0.250. The quantitative estimate of drug-likeness (QED) is 0.295. The van der Waals surface area contributed by atoms with Crippen LogP contribution < -0.4 is 11.1 Å². The maximum Gasteiger partial charge on any atom is 0.280 e. The van der Waals surface area contributed by atoms with Crippen LogP contribution in [0, 0.1) is 19.8 Å². The van der Waals surface area contributed by atoms with Crippen LogP contribution in [0.25, 0.3) is 21.3 Å². The molecule has 1 aromatic carbocycles. The molecule has 182 valence electrons. The van der Waals surface area contributed by atoms with Crippen LogP contribution in [0.2, 0.25) is 0 Å². The molecule has 1 atom stereocenters. The first kappa shape index (κ1) is 24.9. The number of pyridine rings is 1. The largest absolute Gasteiger partial charge is 0.365 e. The summed E-state index contributed by atoms with van der Waals surface area (Å²) in [5.74, 6) is -1.67. The molecule has 3 heterocycles. The van der Waals surface area contributed by atoms with E-state index in [9.17, 15) is 18.4 Å². The van der Waals surface area contributed by atoms with Crippen molar-refractivity contribution in [3.8, 4) is 11.1 Å². The number of carbonyl (C=O) groups excluding carboxylic acids is 2. The number of primary amides is 1. The van der Waals surface area contributed by atoms with Crippen LogP contribution in [0.1, 0.15) is 40.1 Å². The number of nitrogens with zero attached hydrogens (tertiary/aromatic N) is 3. The molecule has 4 rings (SSSR count). The third-order valence-corrected chi connectivity index (χ3v) is 7.90. The molecular formula is C24H22BrF2N5O2S. The summed E-state index contributed by atoms with van der Waals surface area (Å²) in [5, 5.41) is 7.66. The SMILES string of the molecule is Cc1nn(CC(C)C(=O)Nc2c(C(N)=O)sc3nc(C(F)F)cc(-c4ccccc4)c23)c(C)c1Br. The minimum atomic E-state index is -2.81. The van der Waals surface area contributed by atoms with Crippen molar-refractivity contribution >= 4 is 55.0 Å². The zero-order valence-corrected chi connectivity index (χ0v) is 21.5. The summed E-state index contributed by atoms with van der Waals surface area (Å²) in [5.41, 5.74) is 8.13. The van der Waals surface area contributed by atoms with Gasteiger partial charge in [-0.3, -0.25) is 14.3 Å². The van der Waals surface area contributed by atoms with Gasteiger partial charge >= 0.3 is 0 Å². The highest BCUT2D eigenvalue weighted by molar-refractivity contribution is 9.10. The molecule has 0 bridgehead atoms. The molecule has 0 aliphatic carbocycles. The topological polar surface area (TPSA) is 103 Å². The number of nitrogens with one attached hydrogen (secondary N) is 1. The first-order chi connectivity index (χ1) is 16.6. The predicted octanol–water partition coefficient (Wildman–Crippen LogP) is 5.85. The molecule has 1 unspecified atom stereocenters. The average Bonchev–Trinajstić information content (AvgIpc) is 3.31. The van der Waals surface area contributed by atoms with Crippen LogP contribution in [-0.2, 0) is 11.3 Å². The number of thiophene rings is 1. The van der Waals surface area contributed by atoms with Crippen molar-refractivity contribution in [2.24, 2.45) is 11.7 Å². The van der Waals surface area contributed by atoms with Gasteiger partial charge in [0.25, 0.3) is 12.3 Å². The maximum atomic E-state index is 13.6. The van der Waals surface area contributed by atoms with E-state index in [1.54, 1.807) is 41.9 Å². The van der Waals surface area contributed by atoms with E-state index in [0.29, 0.717) is 23.1 Å². The molecule has 0 saturated carbocycles. The molecule has 0 spiro atoms. The molecule has 0 saturated heterocycles. The van der Waals surface area contributed by atoms with Crippen LogP contribution >= 0.6 is 27.3 Å². The second-order valence-corrected chi connectivity index (χ2v) is 9.96. The number of aryl methyl sites for hydroxylation is 1. The Morgan fingerprint density at radius 1 is 1.23 bits per heavy atom. The standard InChI is InChI=1S/C24H22BrF2N5O2S/c1-11(10-32-13(3)18(25)12(2)31-32)23(34)30-19-17-15(14-7-5-4-6-8-14)9-16(21(26)27)29-24(17)35-20(19)22(28)33/h4-9,11,21H,10H2,1-3H3,(H2,28,33)(H,30,34). The van der Waals surface area contributed by atoms with Crippen molar-refractivity contribution in [1.82, 2.24) is 14.8 Å². The van der Waals surface area contributed by atoms with Crippen molar-refractivity contribution in [2.45, 2.75) is 33.7 Å². The summed E-state index contributed by atoms with van der Waals surface area (Å²) >= 11 is 4.36. The molecule has 4 aromatic rings. The number of rotatable bonds is 7. The summed E-state index contributed by atoms with van der Waals surface area (Å²) in [7, 11) is 0. The molecule has 3 aromatic heterocycles. The van der Waals surface area contributed by atoms with E-state index in [1.165, 1.54) is 6.07 Å². The van der Waals surface area contributed by atoms with E-state index in [-0.39, 0.29) is 21.3 Å². The Labute approximate surface area is 212 Å². The highest BCUT2D eigenvalue weighted by Crippen LogP contribution is 2.42. The molecule has 3 N–H and O–H groups in total. The van der Waals surface area contributed by atoms with Gasteiger partial charge in [0, 0.05) is 11.1 Å². The van der Waals surface area contributed by atoms with E-state index in [2.05, 4.69) is 31.3 Å². The first-order valence-electron chi connectivity index (χ1n) is 10.7. The molecule has 0 aliphatic heterocycles. The zero-order valence-electron chi connectivity index (χ0n) is 19.1. The molecule has 2 amide bonds. The minimum Gasteiger partial charge on any atom is -0.365 e. The van der Waals surface area contributed by atoms with Gasteiger partial charge in [0.2, 0.25) is 5.91 Å². The Bertz CT molecular complexity index is 1440. The zero-order chi connectivity index (χ0) is 25.4. The van der Waals surface area contributed by atoms with E-state index in [1.807, 2.05) is 13.8 Å². The number of fused-ring (bicyclic) bond motifs is 1. The molecule has 0 radical (unpaired) electrons. The van der Waals surface area contributed by atoms with Crippen LogP contribution in [0.15, 0.2) is 40.9 Å². The first-order valence-corrected chi connectivity index (χ1v) is 12.3. The van der Waals surface area contributed by atoms with Gasteiger partial charge in [0.1, 0.15) is 15.4 Å². The number of aromatic nitrogens is 3. The summed E-state index contributed by atoms with van der Waals surface area (Å²) in [4.78, 5) is 29.8. The number of hydrogen-bond donors (Lipinski definition) is 2. The van der Waals surface area contributed by atoms with Gasteiger partial charge in [-0.25, -0.2) is 13.8 Å². The van der Waals surface area contributed by atoms with Crippen LogP contribution in [0.5, 0.6) is 0 Å². The highest BCUT2D eigenvalue weighted by Gasteiger charge is 2.26. The lowest BCUT2D eigenvalue weighted by Crippen LogP contribution is -2.26. The highest BCUT2D eigenvalue weighted by atomic mass is 79.9. The van der Waals surface area contributed by atoms with Gasteiger partial charge in [-0.05, 0) is 47.0 Å². The Hall–Kier alpha value is -3.18. The minimum absolute atomic E-state index is 0.0468. The maximum absolute atomic E-state index is 13.6. The third-order valence-electron chi connectivity index (χ3n) is 5.65. The van der Waals surface area contributed by atoms with Gasteiger partial charge in [0.05, 0.1) is 28.3 Å². The van der Waals surface area contributed by atoms with E-state index in [0.717, 1.165) is 27.2 Å². The van der Waals surface area contributed by atoms with Gasteiger partial charge in [0.15, 0.2) is 0 Å². The number of benzene rings is 1. The Kier molecular flexibility index (Phi) is 7.00. The second-order valence-electron chi connectivity index (χ2n) is 8.17. The number of carbonyl (C=O) groups is 2. The Balaban J connectivity index is 1.80. The lowest BCUT2D eigenvalue weighted by molar-refractivity contribution is -0.119. The lowest BCUT2D eigenvalue weighted by Gasteiger charge is -2.15. The molecule has 7 nitrogen and oxygen atoms in total. The monoisotopic (exact) mass is 561 g/mol. The van der Waals surface area contributed by atoms with Crippen LogP contribution in [-0.4, -0.2) is 26.6 Å². The van der Waals surface area contributed by atoms with Crippen molar-refractivity contribution in [3.63, 3.8) is 0 Å². The summed E-state index contributed by atoms with van der Waals surface area (Å²) in [6.07, 6.45) is -2.81. The Morgan fingerprint density at radius 3 is 2.49 bits per heavy atom. The average molecular weight is 562 g/mol. The van der Waals surface area contributed by atoms with Gasteiger partial charge in [-0.1, -0.05) is 37.3 Å². The summed E-state index contributed by atoms with van der Waals surface area (Å²) < 4.78 is 29.8. The van der Waals surface area contributed by atoms with Crippen LogP contribution in [0.4, 0.5) is 14.5 Å². The van der Waals surface area contributed by atoms with Gasteiger partial charge < -0.3 is 11.1 Å². The fourth-order valence-corrected chi connectivity index (χ4v) is 5.11. The van der Waals surface area contributed by atoms with E-state index < -0.39 is 23.9 Å². The molecule has 11 heteroatoms. The molecule has 35 heavy (non-hydrogen) atoms. The van der Waals surface area contributed by atoms with Crippen molar-refractivity contribution in [2.75, 3.05) is 5.32 Å². The second kappa shape index (κ2) is 9.82. The normalized spacial score (nSPS) is 12.3. The molecule has 0 aliphatic rings. The van der Waals surface area contributed by atoms with Crippen molar-refractivity contribution < 1.29 is 18.4 Å². The van der Waals surface area contributed by atoms with E-state index >= 15 is 0 Å². The van der Waals surface area contributed by atoms with Crippen molar-refractivity contribution in [1.29, 1.82) is 0 Å². The number of alkyl halides is 2. The lowest BCUT2D eigenvalue weighted by atomic mass is 10.0. The number of amides is 2. The number of halogens is 3.